The Bertz CT molecular complexity index is 203. The minimum atomic E-state index is -0.774. The third-order valence-electron chi connectivity index (χ3n) is 2.79. The molecule has 1 aliphatic rings. The third kappa shape index (κ3) is 2.00. The first-order valence-corrected chi connectivity index (χ1v) is 4.49. The first kappa shape index (κ1) is 10.5. The summed E-state index contributed by atoms with van der Waals surface area (Å²) in [5.74, 6) is -0.774. The zero-order valence-electron chi connectivity index (χ0n) is 8.41. The van der Waals surface area contributed by atoms with E-state index in [0.717, 1.165) is 19.5 Å². The second-order valence-corrected chi connectivity index (χ2v) is 3.96. The van der Waals surface area contributed by atoms with Crippen molar-refractivity contribution < 1.29 is 14.6 Å². The summed E-state index contributed by atoms with van der Waals surface area (Å²) >= 11 is 0. The molecule has 0 aromatic heterocycles. The molecule has 1 atom stereocenters. The maximum Gasteiger partial charge on any atom is 0.323 e. The number of hydrogen-bond acceptors (Lipinski definition) is 3. The minimum Gasteiger partial charge on any atom is -0.480 e. The Kier molecular flexibility index (Phi) is 2.93. The van der Waals surface area contributed by atoms with Crippen molar-refractivity contribution >= 4 is 5.97 Å². The summed E-state index contributed by atoms with van der Waals surface area (Å²) in [5.41, 5.74) is -0.771. The van der Waals surface area contributed by atoms with Crippen molar-refractivity contribution in [2.45, 2.75) is 31.9 Å². The Labute approximate surface area is 78.5 Å². The average molecular weight is 187 g/mol. The van der Waals surface area contributed by atoms with Crippen molar-refractivity contribution in [1.82, 2.24) is 4.90 Å². The Morgan fingerprint density at radius 2 is 2.23 bits per heavy atom. The van der Waals surface area contributed by atoms with Crippen LogP contribution in [-0.2, 0) is 9.53 Å². The first-order chi connectivity index (χ1) is 5.98. The molecule has 1 aliphatic heterocycles. The molecule has 0 radical (unpaired) electrons. The van der Waals surface area contributed by atoms with E-state index in [2.05, 4.69) is 0 Å². The largest absolute Gasteiger partial charge is 0.480 e. The van der Waals surface area contributed by atoms with Crippen LogP contribution in [0.5, 0.6) is 0 Å². The number of nitrogens with zero attached hydrogens (tertiary/aromatic N) is 1. The smallest absolute Gasteiger partial charge is 0.323 e. The van der Waals surface area contributed by atoms with Crippen LogP contribution >= 0.6 is 0 Å². The van der Waals surface area contributed by atoms with Crippen LogP contribution in [0.15, 0.2) is 0 Å². The topological polar surface area (TPSA) is 49.8 Å². The van der Waals surface area contributed by atoms with Gasteiger partial charge in [0.05, 0.1) is 6.10 Å². The highest BCUT2D eigenvalue weighted by Crippen LogP contribution is 2.22. The van der Waals surface area contributed by atoms with E-state index in [-0.39, 0.29) is 6.10 Å². The Hall–Kier alpha value is -0.610. The number of aliphatic carboxylic acids is 1. The molecule has 0 unspecified atom stereocenters. The standard InChI is InChI=1S/C9H17NO3/c1-9(2,8(11)12)10-5-4-7(6-10)13-3/h7H,4-6H2,1-3H3,(H,11,12)/t7-/m0/s1. The molecule has 0 aromatic carbocycles. The van der Waals surface area contributed by atoms with Gasteiger partial charge in [0, 0.05) is 20.2 Å². The van der Waals surface area contributed by atoms with Crippen LogP contribution in [-0.4, -0.2) is 47.8 Å². The first-order valence-electron chi connectivity index (χ1n) is 4.49. The predicted molar refractivity (Wildman–Crippen MR) is 48.7 cm³/mol. The fraction of sp³-hybridized carbons (Fsp3) is 0.889. The van der Waals surface area contributed by atoms with Crippen molar-refractivity contribution in [2.24, 2.45) is 0 Å². The number of rotatable bonds is 3. The summed E-state index contributed by atoms with van der Waals surface area (Å²) < 4.78 is 5.18. The van der Waals surface area contributed by atoms with Gasteiger partial charge in [0.2, 0.25) is 0 Å². The highest BCUT2D eigenvalue weighted by Gasteiger charge is 2.38. The van der Waals surface area contributed by atoms with Crippen molar-refractivity contribution in [3.8, 4) is 0 Å². The van der Waals surface area contributed by atoms with Crippen LogP contribution in [0.25, 0.3) is 0 Å². The molecule has 1 N–H and O–H groups in total. The number of ether oxygens (including phenoxy) is 1. The second kappa shape index (κ2) is 3.64. The van der Waals surface area contributed by atoms with E-state index < -0.39 is 11.5 Å². The Morgan fingerprint density at radius 3 is 2.62 bits per heavy atom. The lowest BCUT2D eigenvalue weighted by Gasteiger charge is -2.30. The number of carboxylic acids is 1. The lowest BCUT2D eigenvalue weighted by atomic mass is 10.0. The fourth-order valence-corrected chi connectivity index (χ4v) is 1.56. The third-order valence-corrected chi connectivity index (χ3v) is 2.79. The predicted octanol–water partition coefficient (Wildman–Crippen LogP) is 0.570. The minimum absolute atomic E-state index is 0.193. The van der Waals surface area contributed by atoms with Crippen molar-refractivity contribution in [1.29, 1.82) is 0 Å². The lowest BCUT2D eigenvalue weighted by molar-refractivity contribution is -0.148. The van der Waals surface area contributed by atoms with Gasteiger partial charge in [0.25, 0.3) is 0 Å². The summed E-state index contributed by atoms with van der Waals surface area (Å²) in [4.78, 5) is 12.9. The summed E-state index contributed by atoms with van der Waals surface area (Å²) in [7, 11) is 1.67. The van der Waals surface area contributed by atoms with Gasteiger partial charge >= 0.3 is 5.97 Å². The molecule has 0 amide bonds. The molecule has 1 saturated heterocycles. The molecule has 0 bridgehead atoms. The number of carbonyl (C=O) groups is 1. The van der Waals surface area contributed by atoms with E-state index in [0.29, 0.717) is 0 Å². The van der Waals surface area contributed by atoms with E-state index >= 15 is 0 Å². The van der Waals surface area contributed by atoms with Gasteiger partial charge in [0.1, 0.15) is 5.54 Å². The maximum atomic E-state index is 10.9. The highest BCUT2D eigenvalue weighted by molar-refractivity contribution is 5.77. The normalized spacial score (nSPS) is 25.0. The molecule has 4 heteroatoms. The van der Waals surface area contributed by atoms with Crippen LogP contribution in [0.4, 0.5) is 0 Å². The molecule has 0 aromatic rings. The molecule has 0 spiro atoms. The summed E-state index contributed by atoms with van der Waals surface area (Å²) in [5, 5.41) is 8.98. The van der Waals surface area contributed by atoms with Crippen molar-refractivity contribution in [3.63, 3.8) is 0 Å². The van der Waals surface area contributed by atoms with Gasteiger partial charge < -0.3 is 9.84 Å². The fourth-order valence-electron chi connectivity index (χ4n) is 1.56. The van der Waals surface area contributed by atoms with Gasteiger partial charge in [-0.1, -0.05) is 0 Å². The van der Waals surface area contributed by atoms with Crippen molar-refractivity contribution in [2.75, 3.05) is 20.2 Å². The van der Waals surface area contributed by atoms with Gasteiger partial charge in [0.15, 0.2) is 0 Å². The highest BCUT2D eigenvalue weighted by atomic mass is 16.5. The van der Waals surface area contributed by atoms with Crippen LogP contribution in [0, 0.1) is 0 Å². The summed E-state index contributed by atoms with van der Waals surface area (Å²) in [6, 6.07) is 0. The van der Waals surface area contributed by atoms with E-state index in [1.807, 2.05) is 4.90 Å². The van der Waals surface area contributed by atoms with Gasteiger partial charge in [-0.2, -0.15) is 0 Å². The molecule has 1 rings (SSSR count). The molecule has 1 fully saturated rings. The molecular weight excluding hydrogens is 170 g/mol. The molecule has 0 aliphatic carbocycles. The Morgan fingerprint density at radius 1 is 1.62 bits per heavy atom. The molecular formula is C9H17NO3. The Balaban J connectivity index is 2.59. The van der Waals surface area contributed by atoms with Crippen LogP contribution in [0.1, 0.15) is 20.3 Å². The second-order valence-electron chi connectivity index (χ2n) is 3.96. The van der Waals surface area contributed by atoms with Crippen molar-refractivity contribution in [3.05, 3.63) is 0 Å². The zero-order valence-corrected chi connectivity index (χ0v) is 8.41. The van der Waals surface area contributed by atoms with E-state index in [9.17, 15) is 4.79 Å². The van der Waals surface area contributed by atoms with Crippen LogP contribution in [0.3, 0.4) is 0 Å². The van der Waals surface area contributed by atoms with Crippen LogP contribution < -0.4 is 0 Å². The number of methoxy groups -OCH3 is 1. The quantitative estimate of drug-likeness (QED) is 0.701. The van der Waals surface area contributed by atoms with Gasteiger partial charge in [-0.3, -0.25) is 9.69 Å². The van der Waals surface area contributed by atoms with Gasteiger partial charge in [-0.15, -0.1) is 0 Å². The molecule has 76 valence electrons. The molecule has 4 nitrogen and oxygen atoms in total. The van der Waals surface area contributed by atoms with E-state index in [1.165, 1.54) is 0 Å². The van der Waals surface area contributed by atoms with E-state index in [4.69, 9.17) is 9.84 Å². The molecule has 0 saturated carbocycles. The number of likely N-dealkylation sites (tertiary alicyclic amines) is 1. The average Bonchev–Trinajstić information content (AvgIpc) is 2.51. The number of carboxylic acid groups (broad SMARTS) is 1. The lowest BCUT2D eigenvalue weighted by Crippen LogP contribution is -2.49. The molecule has 13 heavy (non-hydrogen) atoms. The van der Waals surface area contributed by atoms with Gasteiger partial charge in [-0.05, 0) is 20.3 Å². The van der Waals surface area contributed by atoms with Crippen LogP contribution in [0.2, 0.25) is 0 Å². The maximum absolute atomic E-state index is 10.9. The summed E-state index contributed by atoms with van der Waals surface area (Å²) in [6.07, 6.45) is 1.12. The molecule has 1 heterocycles. The monoisotopic (exact) mass is 187 g/mol. The summed E-state index contributed by atoms with van der Waals surface area (Å²) in [6.45, 7) is 4.98. The zero-order chi connectivity index (χ0) is 10.1. The SMILES string of the molecule is CO[C@H]1CCN(C(C)(C)C(=O)O)C1. The number of hydrogen-bond donors (Lipinski definition) is 1. The van der Waals surface area contributed by atoms with E-state index in [1.54, 1.807) is 21.0 Å². The van der Waals surface area contributed by atoms with Gasteiger partial charge in [-0.25, -0.2) is 0 Å².